The van der Waals surface area contributed by atoms with E-state index in [1.54, 1.807) is 6.20 Å². The zero-order chi connectivity index (χ0) is 12.1. The van der Waals surface area contributed by atoms with Crippen molar-refractivity contribution in [2.75, 3.05) is 36.5 Å². The molecule has 94 valence electrons. The highest BCUT2D eigenvalue weighted by Crippen LogP contribution is 2.17. The number of carbonyl (C=O) groups is 1. The minimum absolute atomic E-state index is 0.00233. The van der Waals surface area contributed by atoms with E-state index in [1.165, 1.54) is 11.8 Å². The summed E-state index contributed by atoms with van der Waals surface area (Å²) >= 11 is 1.54. The molecule has 2 rings (SSSR count). The first-order chi connectivity index (χ1) is 8.31. The average Bonchev–Trinajstić information content (AvgIpc) is 2.64. The minimum Gasteiger partial charge on any atom is -0.330 e. The number of rotatable bonds is 6. The van der Waals surface area contributed by atoms with Crippen LogP contribution in [0.5, 0.6) is 0 Å². The number of anilines is 1. The van der Waals surface area contributed by atoms with Gasteiger partial charge in [0.25, 0.3) is 0 Å². The first-order valence-electron chi connectivity index (χ1n) is 5.63. The Morgan fingerprint density at radius 1 is 1.71 bits per heavy atom. The van der Waals surface area contributed by atoms with E-state index in [9.17, 15) is 4.79 Å². The second kappa shape index (κ2) is 6.04. The highest BCUT2D eigenvalue weighted by Gasteiger charge is 2.22. The second-order valence-corrected chi connectivity index (χ2v) is 4.97. The van der Waals surface area contributed by atoms with Crippen LogP contribution in [0.1, 0.15) is 6.04 Å². The van der Waals surface area contributed by atoms with Crippen molar-refractivity contribution in [1.82, 2.24) is 15.1 Å². The molecule has 1 aliphatic rings. The molecule has 0 spiro atoms. The maximum absolute atomic E-state index is 11.6. The van der Waals surface area contributed by atoms with Crippen LogP contribution in [-0.2, 0) is 4.79 Å². The molecular formula is C10H17N5OS. The summed E-state index contributed by atoms with van der Waals surface area (Å²) in [4.78, 5) is 11.6. The van der Waals surface area contributed by atoms with Gasteiger partial charge in [-0.05, 0) is 0 Å². The van der Waals surface area contributed by atoms with Crippen LogP contribution < -0.4 is 16.4 Å². The Hall–Kier alpha value is -1.05. The molecule has 2 heterocycles. The van der Waals surface area contributed by atoms with Gasteiger partial charge in [-0.2, -0.15) is 16.9 Å². The molecule has 1 aromatic heterocycles. The van der Waals surface area contributed by atoms with Gasteiger partial charge in [0.05, 0.1) is 18.0 Å². The fourth-order valence-electron chi connectivity index (χ4n) is 1.58. The van der Waals surface area contributed by atoms with Crippen LogP contribution in [-0.4, -0.2) is 46.8 Å². The van der Waals surface area contributed by atoms with E-state index in [1.807, 2.05) is 10.7 Å². The average molecular weight is 255 g/mol. The van der Waals surface area contributed by atoms with Crippen LogP contribution >= 0.6 is 11.8 Å². The number of amides is 1. The number of thioether (sulfide) groups is 1. The van der Waals surface area contributed by atoms with E-state index in [4.69, 9.17) is 5.73 Å². The van der Waals surface area contributed by atoms with Crippen LogP contribution in [0.15, 0.2) is 12.3 Å². The Kier molecular flexibility index (Phi) is 4.41. The lowest BCUT2D eigenvalue weighted by atomic mass is 10.2. The Morgan fingerprint density at radius 3 is 3.18 bits per heavy atom. The zero-order valence-electron chi connectivity index (χ0n) is 9.56. The Bertz CT molecular complexity index is 377. The molecule has 0 aromatic carbocycles. The van der Waals surface area contributed by atoms with Crippen molar-refractivity contribution in [2.45, 2.75) is 6.04 Å². The number of hydrogen-bond donors (Lipinski definition) is 3. The lowest BCUT2D eigenvalue weighted by Gasteiger charge is -2.28. The Balaban J connectivity index is 1.85. The van der Waals surface area contributed by atoms with Gasteiger partial charge in [-0.3, -0.25) is 4.79 Å². The van der Waals surface area contributed by atoms with Crippen LogP contribution in [0.25, 0.3) is 0 Å². The normalized spacial score (nSPS) is 15.6. The van der Waals surface area contributed by atoms with E-state index in [2.05, 4.69) is 15.7 Å². The highest BCUT2D eigenvalue weighted by molar-refractivity contribution is 7.99. The highest BCUT2D eigenvalue weighted by atomic mass is 32.2. The molecule has 0 atom stereocenters. The number of aromatic nitrogens is 2. The van der Waals surface area contributed by atoms with Crippen LogP contribution in [0.4, 0.5) is 5.82 Å². The van der Waals surface area contributed by atoms with E-state index in [0.717, 1.165) is 24.7 Å². The summed E-state index contributed by atoms with van der Waals surface area (Å²) in [6.07, 6.45) is 1.71. The number of nitrogens with two attached hydrogens (primary N) is 1. The van der Waals surface area contributed by atoms with E-state index < -0.39 is 0 Å². The van der Waals surface area contributed by atoms with Gasteiger partial charge in [-0.25, -0.2) is 4.68 Å². The molecule has 0 aliphatic carbocycles. The van der Waals surface area contributed by atoms with E-state index >= 15 is 0 Å². The zero-order valence-corrected chi connectivity index (χ0v) is 10.4. The molecule has 4 N–H and O–H groups in total. The fourth-order valence-corrected chi connectivity index (χ4v) is 2.15. The lowest BCUT2D eigenvalue weighted by molar-refractivity contribution is -0.113. The molecule has 1 aliphatic heterocycles. The van der Waals surface area contributed by atoms with Gasteiger partial charge in [0, 0.05) is 31.5 Å². The second-order valence-electron chi connectivity index (χ2n) is 3.86. The number of nitrogens with one attached hydrogen (secondary N) is 2. The SMILES string of the molecule is NCCSCC(=O)Nc1ccnn1C1CNC1. The third kappa shape index (κ3) is 3.21. The standard InChI is InChI=1S/C10H17N5OS/c11-2-4-17-7-10(16)14-9-1-3-13-15(9)8-5-12-6-8/h1,3,8,12H,2,4-7,11H2,(H,14,16). The topological polar surface area (TPSA) is 85.0 Å². The van der Waals surface area contributed by atoms with Crippen molar-refractivity contribution >= 4 is 23.5 Å². The minimum atomic E-state index is -0.00233. The van der Waals surface area contributed by atoms with Crippen molar-refractivity contribution in [1.29, 1.82) is 0 Å². The third-order valence-electron chi connectivity index (χ3n) is 2.54. The summed E-state index contributed by atoms with van der Waals surface area (Å²) in [5.41, 5.74) is 5.37. The quantitative estimate of drug-likeness (QED) is 0.605. The fraction of sp³-hybridized carbons (Fsp3) is 0.600. The summed E-state index contributed by atoms with van der Waals surface area (Å²) in [7, 11) is 0. The largest absolute Gasteiger partial charge is 0.330 e. The molecule has 0 bridgehead atoms. The maximum atomic E-state index is 11.6. The molecule has 1 saturated heterocycles. The first kappa shape index (κ1) is 12.4. The molecule has 6 nitrogen and oxygen atoms in total. The Labute approximate surface area is 104 Å². The van der Waals surface area contributed by atoms with Crippen molar-refractivity contribution in [3.63, 3.8) is 0 Å². The van der Waals surface area contributed by atoms with Gasteiger partial charge in [0.1, 0.15) is 5.82 Å². The van der Waals surface area contributed by atoms with Gasteiger partial charge < -0.3 is 16.4 Å². The van der Waals surface area contributed by atoms with Crippen molar-refractivity contribution in [3.8, 4) is 0 Å². The van der Waals surface area contributed by atoms with E-state index in [0.29, 0.717) is 18.3 Å². The third-order valence-corrected chi connectivity index (χ3v) is 3.53. The predicted molar refractivity (Wildman–Crippen MR) is 69.1 cm³/mol. The van der Waals surface area contributed by atoms with Crippen molar-refractivity contribution in [2.24, 2.45) is 5.73 Å². The van der Waals surface area contributed by atoms with Gasteiger partial charge in [0.2, 0.25) is 5.91 Å². The molecule has 0 unspecified atom stereocenters. The van der Waals surface area contributed by atoms with Crippen molar-refractivity contribution in [3.05, 3.63) is 12.3 Å². The Morgan fingerprint density at radius 2 is 2.53 bits per heavy atom. The molecule has 0 radical (unpaired) electrons. The monoisotopic (exact) mass is 255 g/mol. The van der Waals surface area contributed by atoms with Crippen molar-refractivity contribution < 1.29 is 4.79 Å². The maximum Gasteiger partial charge on any atom is 0.235 e. The number of hydrogen-bond acceptors (Lipinski definition) is 5. The molecular weight excluding hydrogens is 238 g/mol. The molecule has 1 amide bonds. The first-order valence-corrected chi connectivity index (χ1v) is 6.78. The number of carbonyl (C=O) groups excluding carboxylic acids is 1. The number of nitrogens with zero attached hydrogens (tertiary/aromatic N) is 2. The summed E-state index contributed by atoms with van der Waals surface area (Å²) in [6, 6.07) is 2.18. The van der Waals surface area contributed by atoms with Gasteiger partial charge in [-0.1, -0.05) is 0 Å². The van der Waals surface area contributed by atoms with E-state index in [-0.39, 0.29) is 5.91 Å². The van der Waals surface area contributed by atoms with Gasteiger partial charge >= 0.3 is 0 Å². The van der Waals surface area contributed by atoms with Crippen LogP contribution in [0, 0.1) is 0 Å². The van der Waals surface area contributed by atoms with Crippen LogP contribution in [0.2, 0.25) is 0 Å². The molecule has 7 heteroatoms. The molecule has 1 fully saturated rings. The molecule has 0 saturated carbocycles. The van der Waals surface area contributed by atoms with Gasteiger partial charge in [0.15, 0.2) is 0 Å². The smallest absolute Gasteiger partial charge is 0.235 e. The lowest BCUT2D eigenvalue weighted by Crippen LogP contribution is -2.44. The summed E-state index contributed by atoms with van der Waals surface area (Å²) in [5, 5.41) is 10.3. The van der Waals surface area contributed by atoms with Crippen LogP contribution in [0.3, 0.4) is 0 Å². The predicted octanol–water partition coefficient (Wildman–Crippen LogP) is -0.342. The van der Waals surface area contributed by atoms with Gasteiger partial charge in [-0.15, -0.1) is 0 Å². The summed E-state index contributed by atoms with van der Waals surface area (Å²) in [6.45, 7) is 2.42. The molecule has 1 aromatic rings. The summed E-state index contributed by atoms with van der Waals surface area (Å²) in [5.74, 6) is 2.01. The summed E-state index contributed by atoms with van der Waals surface area (Å²) < 4.78 is 1.86. The molecule has 17 heavy (non-hydrogen) atoms.